The molecule has 0 aliphatic rings. The third-order valence-electron chi connectivity index (χ3n) is 3.48. The van der Waals surface area contributed by atoms with E-state index < -0.39 is 0 Å². The molecule has 0 aliphatic carbocycles. The van der Waals surface area contributed by atoms with E-state index in [0.29, 0.717) is 0 Å². The maximum atomic E-state index is 13.2. The van der Waals surface area contributed by atoms with E-state index >= 15 is 0 Å². The molecule has 0 spiro atoms. The summed E-state index contributed by atoms with van der Waals surface area (Å²) in [5, 5.41) is 3.32. The Balaban J connectivity index is 2.25. The van der Waals surface area contributed by atoms with Crippen molar-refractivity contribution in [2.24, 2.45) is 0 Å². The van der Waals surface area contributed by atoms with Crippen LogP contribution in [0.15, 0.2) is 42.5 Å². The summed E-state index contributed by atoms with van der Waals surface area (Å²) >= 11 is 0. The van der Waals surface area contributed by atoms with Gasteiger partial charge in [0.1, 0.15) is 5.82 Å². The predicted octanol–water partition coefficient (Wildman–Crippen LogP) is 3.95. The van der Waals surface area contributed by atoms with Crippen molar-refractivity contribution >= 4 is 0 Å². The second-order valence-corrected chi connectivity index (χ2v) is 5.04. The molecule has 1 unspecified atom stereocenters. The second kappa shape index (κ2) is 5.98. The SMILES string of the molecule is CNC(Cc1cccc(F)c1)c1ccc(C)cc1C. The molecule has 0 saturated heterocycles. The molecule has 100 valence electrons. The molecule has 0 saturated carbocycles. The fourth-order valence-electron chi connectivity index (χ4n) is 2.48. The van der Waals surface area contributed by atoms with E-state index in [9.17, 15) is 4.39 Å². The summed E-state index contributed by atoms with van der Waals surface area (Å²) < 4.78 is 13.2. The molecule has 1 nitrogen and oxygen atoms in total. The molecule has 0 radical (unpaired) electrons. The summed E-state index contributed by atoms with van der Waals surface area (Å²) in [6.07, 6.45) is 0.790. The molecule has 0 aromatic heterocycles. The predicted molar refractivity (Wildman–Crippen MR) is 77.8 cm³/mol. The van der Waals surface area contributed by atoms with Gasteiger partial charge in [-0.3, -0.25) is 0 Å². The Bertz CT molecular complexity index is 563. The Morgan fingerprint density at radius 1 is 1.11 bits per heavy atom. The van der Waals surface area contributed by atoms with Gasteiger partial charge in [0.2, 0.25) is 0 Å². The molecule has 2 aromatic carbocycles. The van der Waals surface area contributed by atoms with Gasteiger partial charge in [-0.15, -0.1) is 0 Å². The van der Waals surface area contributed by atoms with Crippen LogP contribution in [0.5, 0.6) is 0 Å². The second-order valence-electron chi connectivity index (χ2n) is 5.04. The lowest BCUT2D eigenvalue weighted by atomic mass is 9.94. The highest BCUT2D eigenvalue weighted by Gasteiger charge is 2.12. The Morgan fingerprint density at radius 2 is 1.89 bits per heavy atom. The molecule has 0 aliphatic heterocycles. The van der Waals surface area contributed by atoms with E-state index in [1.807, 2.05) is 13.1 Å². The fourth-order valence-corrected chi connectivity index (χ4v) is 2.48. The van der Waals surface area contributed by atoms with Crippen molar-refractivity contribution in [1.82, 2.24) is 5.32 Å². The number of hydrogen-bond donors (Lipinski definition) is 1. The minimum absolute atomic E-state index is 0.173. The van der Waals surface area contributed by atoms with Gasteiger partial charge in [0.25, 0.3) is 0 Å². The van der Waals surface area contributed by atoms with E-state index in [0.717, 1.165) is 12.0 Å². The van der Waals surface area contributed by atoms with Crippen molar-refractivity contribution in [1.29, 1.82) is 0 Å². The molecular weight excluding hydrogens is 237 g/mol. The van der Waals surface area contributed by atoms with Gasteiger partial charge in [0.05, 0.1) is 0 Å². The summed E-state index contributed by atoms with van der Waals surface area (Å²) in [7, 11) is 1.95. The van der Waals surface area contributed by atoms with Crippen LogP contribution in [0.1, 0.15) is 28.3 Å². The molecular formula is C17H20FN. The lowest BCUT2D eigenvalue weighted by molar-refractivity contribution is 0.581. The quantitative estimate of drug-likeness (QED) is 0.874. The zero-order chi connectivity index (χ0) is 13.8. The first-order valence-corrected chi connectivity index (χ1v) is 6.59. The van der Waals surface area contributed by atoms with Gasteiger partial charge in [-0.2, -0.15) is 0 Å². The molecule has 0 heterocycles. The monoisotopic (exact) mass is 257 g/mol. The van der Waals surface area contributed by atoms with Crippen LogP contribution < -0.4 is 5.32 Å². The van der Waals surface area contributed by atoms with Gasteiger partial charge in [-0.05, 0) is 56.1 Å². The average Bonchev–Trinajstić information content (AvgIpc) is 2.37. The van der Waals surface area contributed by atoms with Gasteiger partial charge in [-0.1, -0.05) is 35.9 Å². The van der Waals surface area contributed by atoms with Crippen molar-refractivity contribution in [3.8, 4) is 0 Å². The number of hydrogen-bond acceptors (Lipinski definition) is 1. The van der Waals surface area contributed by atoms with Crippen LogP contribution in [-0.2, 0) is 6.42 Å². The number of likely N-dealkylation sites (N-methyl/N-ethyl adjacent to an activating group) is 1. The van der Waals surface area contributed by atoms with Crippen LogP contribution in [-0.4, -0.2) is 7.05 Å². The molecule has 1 N–H and O–H groups in total. The van der Waals surface area contributed by atoms with Crippen LogP contribution in [0.2, 0.25) is 0 Å². The highest BCUT2D eigenvalue weighted by Crippen LogP contribution is 2.22. The van der Waals surface area contributed by atoms with Crippen molar-refractivity contribution in [2.75, 3.05) is 7.05 Å². The molecule has 19 heavy (non-hydrogen) atoms. The minimum atomic E-state index is -0.173. The molecule has 0 fully saturated rings. The van der Waals surface area contributed by atoms with Crippen molar-refractivity contribution in [3.63, 3.8) is 0 Å². The van der Waals surface area contributed by atoms with Crippen LogP contribution in [0.4, 0.5) is 4.39 Å². The number of halogens is 1. The highest BCUT2D eigenvalue weighted by molar-refractivity contribution is 5.34. The van der Waals surface area contributed by atoms with Gasteiger partial charge < -0.3 is 5.32 Å². The largest absolute Gasteiger partial charge is 0.313 e. The maximum Gasteiger partial charge on any atom is 0.123 e. The topological polar surface area (TPSA) is 12.0 Å². The smallest absolute Gasteiger partial charge is 0.123 e. The summed E-state index contributed by atoms with van der Waals surface area (Å²) in [5.41, 5.74) is 4.83. The lowest BCUT2D eigenvalue weighted by Gasteiger charge is -2.19. The van der Waals surface area contributed by atoms with Crippen molar-refractivity contribution in [2.45, 2.75) is 26.3 Å². The van der Waals surface area contributed by atoms with Crippen molar-refractivity contribution in [3.05, 3.63) is 70.5 Å². The third kappa shape index (κ3) is 3.42. The molecule has 0 amide bonds. The first-order chi connectivity index (χ1) is 9.10. The number of benzene rings is 2. The fraction of sp³-hybridized carbons (Fsp3) is 0.294. The van der Waals surface area contributed by atoms with Gasteiger partial charge in [-0.25, -0.2) is 4.39 Å². The van der Waals surface area contributed by atoms with E-state index in [4.69, 9.17) is 0 Å². The lowest BCUT2D eigenvalue weighted by Crippen LogP contribution is -2.20. The summed E-state index contributed by atoms with van der Waals surface area (Å²) in [4.78, 5) is 0. The first-order valence-electron chi connectivity index (χ1n) is 6.59. The number of nitrogens with one attached hydrogen (secondary N) is 1. The molecule has 2 rings (SSSR count). The van der Waals surface area contributed by atoms with Crippen LogP contribution >= 0.6 is 0 Å². The number of rotatable bonds is 4. The van der Waals surface area contributed by atoms with Crippen LogP contribution in [0, 0.1) is 19.7 Å². The molecule has 2 aromatic rings. The standard InChI is InChI=1S/C17H20FN/c1-12-7-8-16(13(2)9-12)17(19-3)11-14-5-4-6-15(18)10-14/h4-10,17,19H,11H2,1-3H3. The minimum Gasteiger partial charge on any atom is -0.313 e. The van der Waals surface area contributed by atoms with Crippen molar-refractivity contribution < 1.29 is 4.39 Å². The maximum absolute atomic E-state index is 13.2. The number of aryl methyl sites for hydroxylation is 2. The average molecular weight is 257 g/mol. The van der Waals surface area contributed by atoms with Crippen LogP contribution in [0.25, 0.3) is 0 Å². The summed E-state index contributed by atoms with van der Waals surface area (Å²) in [5.74, 6) is -0.173. The van der Waals surface area contributed by atoms with Gasteiger partial charge >= 0.3 is 0 Å². The highest BCUT2D eigenvalue weighted by atomic mass is 19.1. The Morgan fingerprint density at radius 3 is 2.53 bits per heavy atom. The Hall–Kier alpha value is -1.67. The third-order valence-corrected chi connectivity index (χ3v) is 3.48. The van der Waals surface area contributed by atoms with E-state index in [1.54, 1.807) is 12.1 Å². The zero-order valence-corrected chi connectivity index (χ0v) is 11.7. The Labute approximate surface area is 114 Å². The zero-order valence-electron chi connectivity index (χ0n) is 11.7. The van der Waals surface area contributed by atoms with Crippen LogP contribution in [0.3, 0.4) is 0 Å². The molecule has 1 atom stereocenters. The summed E-state index contributed by atoms with van der Waals surface area (Å²) in [6, 6.07) is 13.5. The molecule has 0 bridgehead atoms. The van der Waals surface area contributed by atoms with E-state index in [-0.39, 0.29) is 11.9 Å². The van der Waals surface area contributed by atoms with Gasteiger partial charge in [0.15, 0.2) is 0 Å². The van der Waals surface area contributed by atoms with E-state index in [1.165, 1.54) is 22.8 Å². The Kier molecular flexibility index (Phi) is 4.33. The first kappa shape index (κ1) is 13.8. The van der Waals surface area contributed by atoms with E-state index in [2.05, 4.69) is 37.4 Å². The van der Waals surface area contributed by atoms with Gasteiger partial charge in [0, 0.05) is 6.04 Å². The normalized spacial score (nSPS) is 12.4. The molecule has 2 heteroatoms. The summed E-state index contributed by atoms with van der Waals surface area (Å²) in [6.45, 7) is 4.22.